The van der Waals surface area contributed by atoms with Crippen LogP contribution in [0, 0.1) is 12.8 Å². The number of nitrogens with zero attached hydrogens (tertiary/aromatic N) is 1. The Morgan fingerprint density at radius 2 is 2.10 bits per heavy atom. The van der Waals surface area contributed by atoms with Gasteiger partial charge in [-0.05, 0) is 37.2 Å². The van der Waals surface area contributed by atoms with Crippen LogP contribution >= 0.6 is 15.9 Å². The van der Waals surface area contributed by atoms with Crippen LogP contribution in [-0.4, -0.2) is 41.5 Å². The third kappa shape index (κ3) is 5.85. The highest BCUT2D eigenvalue weighted by Crippen LogP contribution is 2.19. The number of benzene rings is 1. The van der Waals surface area contributed by atoms with Crippen LogP contribution in [0.25, 0.3) is 0 Å². The zero-order valence-electron chi connectivity index (χ0n) is 12.5. The van der Waals surface area contributed by atoms with Crippen LogP contribution in [-0.2, 0) is 9.59 Å². The number of hydrogen-bond acceptors (Lipinski definition) is 3. The lowest BCUT2D eigenvalue weighted by atomic mass is 10.1. The average molecular weight is 357 g/mol. The van der Waals surface area contributed by atoms with Crippen molar-refractivity contribution in [3.63, 3.8) is 0 Å². The molecule has 0 spiro atoms. The molecule has 1 aromatic carbocycles. The Kier molecular flexibility index (Phi) is 6.84. The lowest BCUT2D eigenvalue weighted by Gasteiger charge is -2.21. The van der Waals surface area contributed by atoms with Crippen molar-refractivity contribution in [1.29, 1.82) is 0 Å². The summed E-state index contributed by atoms with van der Waals surface area (Å²) in [4.78, 5) is 24.7. The van der Waals surface area contributed by atoms with Crippen LogP contribution < -0.4 is 5.32 Å². The highest BCUT2D eigenvalue weighted by atomic mass is 79.9. The van der Waals surface area contributed by atoms with E-state index in [1.54, 1.807) is 6.92 Å². The van der Waals surface area contributed by atoms with Crippen molar-refractivity contribution in [3.8, 4) is 0 Å². The number of amides is 1. The number of carbonyl (C=O) groups excluding carboxylic acids is 1. The summed E-state index contributed by atoms with van der Waals surface area (Å²) in [5.41, 5.74) is 1.78. The van der Waals surface area contributed by atoms with Crippen LogP contribution in [0.1, 0.15) is 19.4 Å². The molecule has 1 amide bonds. The van der Waals surface area contributed by atoms with Gasteiger partial charge in [-0.3, -0.25) is 14.5 Å². The van der Waals surface area contributed by atoms with Crippen molar-refractivity contribution in [3.05, 3.63) is 28.2 Å². The van der Waals surface area contributed by atoms with E-state index in [9.17, 15) is 9.59 Å². The van der Waals surface area contributed by atoms with Gasteiger partial charge in [-0.2, -0.15) is 0 Å². The normalized spacial score (nSPS) is 12.2. The highest BCUT2D eigenvalue weighted by molar-refractivity contribution is 9.10. The number of carboxylic acids is 1. The van der Waals surface area contributed by atoms with E-state index in [1.165, 1.54) is 0 Å². The van der Waals surface area contributed by atoms with E-state index in [1.807, 2.05) is 36.9 Å². The molecule has 0 aliphatic carbocycles. The van der Waals surface area contributed by atoms with E-state index in [4.69, 9.17) is 5.11 Å². The van der Waals surface area contributed by atoms with Crippen molar-refractivity contribution in [2.75, 3.05) is 25.0 Å². The van der Waals surface area contributed by atoms with Gasteiger partial charge in [0.25, 0.3) is 0 Å². The molecule has 0 radical (unpaired) electrons. The Morgan fingerprint density at radius 3 is 2.62 bits per heavy atom. The van der Waals surface area contributed by atoms with Crippen molar-refractivity contribution < 1.29 is 14.7 Å². The van der Waals surface area contributed by atoms with Gasteiger partial charge in [0, 0.05) is 16.7 Å². The molecule has 6 heteroatoms. The predicted molar refractivity (Wildman–Crippen MR) is 86.4 cm³/mol. The molecule has 21 heavy (non-hydrogen) atoms. The molecule has 2 N–H and O–H groups in total. The van der Waals surface area contributed by atoms with Crippen LogP contribution in [0.15, 0.2) is 22.7 Å². The van der Waals surface area contributed by atoms with Gasteiger partial charge < -0.3 is 10.4 Å². The molecule has 0 fully saturated rings. The first kappa shape index (κ1) is 17.7. The van der Waals surface area contributed by atoms with E-state index in [-0.39, 0.29) is 12.5 Å². The highest BCUT2D eigenvalue weighted by Gasteiger charge is 2.17. The van der Waals surface area contributed by atoms with Crippen LogP contribution in [0.3, 0.4) is 0 Å². The van der Waals surface area contributed by atoms with Gasteiger partial charge in [-0.1, -0.05) is 29.8 Å². The third-order valence-electron chi connectivity index (χ3n) is 3.21. The van der Waals surface area contributed by atoms with Gasteiger partial charge in [0.1, 0.15) is 0 Å². The summed E-state index contributed by atoms with van der Waals surface area (Å²) >= 11 is 3.41. The quantitative estimate of drug-likeness (QED) is 0.787. The van der Waals surface area contributed by atoms with Crippen molar-refractivity contribution in [2.45, 2.75) is 20.8 Å². The second-order valence-corrected chi connectivity index (χ2v) is 5.93. The first-order chi connectivity index (χ1) is 9.83. The maximum Gasteiger partial charge on any atom is 0.307 e. The topological polar surface area (TPSA) is 69.6 Å². The second kappa shape index (κ2) is 8.14. The smallest absolute Gasteiger partial charge is 0.307 e. The van der Waals surface area contributed by atoms with Crippen LogP contribution in [0.4, 0.5) is 5.69 Å². The summed E-state index contributed by atoms with van der Waals surface area (Å²) < 4.78 is 0.992. The van der Waals surface area contributed by atoms with E-state index in [2.05, 4.69) is 21.2 Å². The number of aryl methyl sites for hydroxylation is 1. The summed E-state index contributed by atoms with van der Waals surface area (Å²) in [5, 5.41) is 11.7. The van der Waals surface area contributed by atoms with E-state index < -0.39 is 11.9 Å². The summed E-state index contributed by atoms with van der Waals surface area (Å²) in [6, 6.07) is 5.60. The second-order valence-electron chi connectivity index (χ2n) is 5.08. The first-order valence-corrected chi connectivity index (χ1v) is 7.64. The van der Waals surface area contributed by atoms with Gasteiger partial charge in [0.2, 0.25) is 5.91 Å². The molecule has 0 bridgehead atoms. The number of hydrogen-bond donors (Lipinski definition) is 2. The molecule has 5 nitrogen and oxygen atoms in total. The van der Waals surface area contributed by atoms with Crippen molar-refractivity contribution >= 4 is 33.5 Å². The minimum absolute atomic E-state index is 0.142. The van der Waals surface area contributed by atoms with Gasteiger partial charge in [-0.25, -0.2) is 0 Å². The predicted octanol–water partition coefficient (Wildman–Crippen LogP) is 2.74. The van der Waals surface area contributed by atoms with E-state index in [0.717, 1.165) is 15.7 Å². The first-order valence-electron chi connectivity index (χ1n) is 6.84. The number of aliphatic carboxylic acids is 1. The minimum Gasteiger partial charge on any atom is -0.481 e. The fourth-order valence-electron chi connectivity index (χ4n) is 1.90. The van der Waals surface area contributed by atoms with Crippen molar-refractivity contribution in [1.82, 2.24) is 4.90 Å². The van der Waals surface area contributed by atoms with E-state index in [0.29, 0.717) is 13.1 Å². The molecule has 0 aliphatic rings. The molecular formula is C15H21BrN2O3. The third-order valence-corrected chi connectivity index (χ3v) is 4.10. The van der Waals surface area contributed by atoms with Gasteiger partial charge in [-0.15, -0.1) is 0 Å². The number of nitrogens with one attached hydrogen (secondary N) is 1. The zero-order valence-corrected chi connectivity index (χ0v) is 14.1. The molecule has 1 unspecified atom stereocenters. The maximum atomic E-state index is 12.0. The fourth-order valence-corrected chi connectivity index (χ4v) is 2.14. The molecule has 0 saturated heterocycles. The lowest BCUT2D eigenvalue weighted by Crippen LogP contribution is -2.37. The molecule has 116 valence electrons. The Morgan fingerprint density at radius 1 is 1.43 bits per heavy atom. The largest absolute Gasteiger partial charge is 0.481 e. The van der Waals surface area contributed by atoms with Gasteiger partial charge in [0.05, 0.1) is 12.5 Å². The Hall–Kier alpha value is -1.40. The summed E-state index contributed by atoms with van der Waals surface area (Å²) in [7, 11) is 0. The molecule has 0 heterocycles. The van der Waals surface area contributed by atoms with Crippen molar-refractivity contribution in [2.24, 2.45) is 5.92 Å². The summed E-state index contributed by atoms with van der Waals surface area (Å²) in [6.45, 7) is 6.67. The SMILES string of the molecule is CCN(CC(=O)Nc1ccc(Br)c(C)c1)CC(C)C(=O)O. The van der Waals surface area contributed by atoms with Crippen LogP contribution in [0.2, 0.25) is 0 Å². The Labute approximate surface area is 133 Å². The molecule has 0 aromatic heterocycles. The molecule has 0 aliphatic heterocycles. The number of carboxylic acid groups (broad SMARTS) is 1. The number of anilines is 1. The maximum absolute atomic E-state index is 12.0. The Bertz CT molecular complexity index is 520. The molecule has 1 rings (SSSR count). The molecular weight excluding hydrogens is 336 g/mol. The van der Waals surface area contributed by atoms with Gasteiger partial charge >= 0.3 is 5.97 Å². The lowest BCUT2D eigenvalue weighted by molar-refractivity contribution is -0.142. The number of rotatable bonds is 7. The fraction of sp³-hybridized carbons (Fsp3) is 0.467. The number of halogens is 1. The monoisotopic (exact) mass is 356 g/mol. The standard InChI is InChI=1S/C15H21BrN2O3/c1-4-18(8-11(3)15(20)21)9-14(19)17-12-5-6-13(16)10(2)7-12/h5-7,11H,4,8-9H2,1-3H3,(H,17,19)(H,20,21). The van der Waals surface area contributed by atoms with Gasteiger partial charge in [0.15, 0.2) is 0 Å². The minimum atomic E-state index is -0.850. The average Bonchev–Trinajstić information content (AvgIpc) is 2.41. The number of likely N-dealkylation sites (N-methyl/N-ethyl adjacent to an activating group) is 1. The zero-order chi connectivity index (χ0) is 16.0. The molecule has 0 saturated carbocycles. The number of carbonyl (C=O) groups is 2. The summed E-state index contributed by atoms with van der Waals surface area (Å²) in [5.74, 6) is -1.48. The molecule has 1 atom stereocenters. The Balaban J connectivity index is 2.58. The van der Waals surface area contributed by atoms with E-state index >= 15 is 0 Å². The summed E-state index contributed by atoms with van der Waals surface area (Å²) in [6.07, 6.45) is 0. The van der Waals surface area contributed by atoms with Crippen LogP contribution in [0.5, 0.6) is 0 Å². The molecule has 1 aromatic rings.